The molecule has 0 aliphatic carbocycles. The lowest BCUT2D eigenvalue weighted by atomic mass is 10.2. The van der Waals surface area contributed by atoms with Gasteiger partial charge in [0.05, 0.1) is 18.8 Å². The van der Waals surface area contributed by atoms with Crippen LogP contribution in [-0.4, -0.2) is 27.7 Å². The molecule has 5 heteroatoms. The second-order valence-corrected chi connectivity index (χ2v) is 10.1. The SMILES string of the molecule is CC(C)(C)[Si](C)(C)OCCN=CC(N)=CN. The summed E-state index contributed by atoms with van der Waals surface area (Å²) in [6, 6.07) is 0. The van der Waals surface area contributed by atoms with Gasteiger partial charge in [0.2, 0.25) is 0 Å². The van der Waals surface area contributed by atoms with Gasteiger partial charge in [-0.25, -0.2) is 0 Å². The summed E-state index contributed by atoms with van der Waals surface area (Å²) in [6.07, 6.45) is 2.90. The van der Waals surface area contributed by atoms with Gasteiger partial charge in [-0.3, -0.25) is 4.99 Å². The van der Waals surface area contributed by atoms with Crippen LogP contribution >= 0.6 is 0 Å². The number of aliphatic imine (C=N–C) groups is 1. The van der Waals surface area contributed by atoms with E-state index in [4.69, 9.17) is 15.9 Å². The molecular formula is C11H25N3OSi. The molecule has 0 radical (unpaired) electrons. The van der Waals surface area contributed by atoms with Gasteiger partial charge in [0, 0.05) is 12.4 Å². The molecule has 0 spiro atoms. The molecule has 94 valence electrons. The molecule has 4 N–H and O–H groups in total. The van der Waals surface area contributed by atoms with Crippen molar-refractivity contribution in [1.29, 1.82) is 0 Å². The Kier molecular flexibility index (Phi) is 5.75. The second kappa shape index (κ2) is 6.05. The molecule has 0 aliphatic heterocycles. The highest BCUT2D eigenvalue weighted by molar-refractivity contribution is 6.74. The lowest BCUT2D eigenvalue weighted by Crippen LogP contribution is -2.41. The average Bonchev–Trinajstić information content (AvgIpc) is 2.15. The van der Waals surface area contributed by atoms with Gasteiger partial charge in [0.1, 0.15) is 0 Å². The Hall–Kier alpha value is -0.813. The number of allylic oxidation sites excluding steroid dienone is 1. The smallest absolute Gasteiger partial charge is 0.192 e. The molecular weight excluding hydrogens is 218 g/mol. The van der Waals surface area contributed by atoms with E-state index in [-0.39, 0.29) is 5.04 Å². The quantitative estimate of drug-likeness (QED) is 0.439. The Morgan fingerprint density at radius 3 is 2.38 bits per heavy atom. The first-order valence-corrected chi connectivity index (χ1v) is 8.42. The fraction of sp³-hybridized carbons (Fsp3) is 0.727. The molecule has 0 saturated carbocycles. The summed E-state index contributed by atoms with van der Waals surface area (Å²) >= 11 is 0. The summed E-state index contributed by atoms with van der Waals surface area (Å²) in [7, 11) is -1.63. The largest absolute Gasteiger partial charge is 0.415 e. The van der Waals surface area contributed by atoms with Crippen molar-refractivity contribution >= 4 is 14.5 Å². The van der Waals surface area contributed by atoms with Crippen LogP contribution < -0.4 is 11.5 Å². The van der Waals surface area contributed by atoms with E-state index in [2.05, 4.69) is 38.9 Å². The monoisotopic (exact) mass is 243 g/mol. The molecule has 0 aliphatic rings. The van der Waals surface area contributed by atoms with Crippen LogP contribution in [0.5, 0.6) is 0 Å². The van der Waals surface area contributed by atoms with Crippen LogP contribution in [0, 0.1) is 0 Å². The number of hydrogen-bond acceptors (Lipinski definition) is 4. The molecule has 0 saturated heterocycles. The maximum Gasteiger partial charge on any atom is 0.192 e. The molecule has 0 atom stereocenters. The Bertz CT molecular complexity index is 267. The third-order valence-electron chi connectivity index (χ3n) is 2.92. The lowest BCUT2D eigenvalue weighted by Gasteiger charge is -2.35. The van der Waals surface area contributed by atoms with Crippen molar-refractivity contribution in [3.8, 4) is 0 Å². The normalized spacial score (nSPS) is 14.7. The molecule has 0 amide bonds. The van der Waals surface area contributed by atoms with Crippen molar-refractivity contribution in [2.75, 3.05) is 13.2 Å². The zero-order chi connectivity index (χ0) is 12.8. The van der Waals surface area contributed by atoms with Gasteiger partial charge in [0.25, 0.3) is 0 Å². The lowest BCUT2D eigenvalue weighted by molar-refractivity contribution is 0.298. The van der Waals surface area contributed by atoms with E-state index >= 15 is 0 Å². The first-order valence-electron chi connectivity index (χ1n) is 5.52. The van der Waals surface area contributed by atoms with Gasteiger partial charge >= 0.3 is 0 Å². The maximum atomic E-state index is 5.94. The molecule has 0 aromatic rings. The third kappa shape index (κ3) is 5.32. The van der Waals surface area contributed by atoms with E-state index in [1.54, 1.807) is 6.21 Å². The fourth-order valence-corrected chi connectivity index (χ4v) is 1.82. The maximum absolute atomic E-state index is 5.94. The summed E-state index contributed by atoms with van der Waals surface area (Å²) in [4.78, 5) is 4.13. The van der Waals surface area contributed by atoms with E-state index < -0.39 is 8.32 Å². The average molecular weight is 243 g/mol. The molecule has 0 aromatic heterocycles. The van der Waals surface area contributed by atoms with Gasteiger partial charge in [-0.2, -0.15) is 0 Å². The van der Waals surface area contributed by atoms with Crippen LogP contribution in [0.25, 0.3) is 0 Å². The van der Waals surface area contributed by atoms with Gasteiger partial charge < -0.3 is 15.9 Å². The highest BCUT2D eigenvalue weighted by Gasteiger charge is 2.36. The highest BCUT2D eigenvalue weighted by atomic mass is 28.4. The van der Waals surface area contributed by atoms with Gasteiger partial charge in [-0.05, 0) is 18.1 Å². The molecule has 0 heterocycles. The van der Waals surface area contributed by atoms with Crippen molar-refractivity contribution in [3.05, 3.63) is 11.9 Å². The van der Waals surface area contributed by atoms with Crippen molar-refractivity contribution < 1.29 is 4.43 Å². The molecule has 0 aromatic carbocycles. The minimum absolute atomic E-state index is 0.243. The summed E-state index contributed by atoms with van der Waals surface area (Å²) in [5, 5.41) is 0.243. The van der Waals surface area contributed by atoms with E-state index in [1.807, 2.05) is 0 Å². The molecule has 16 heavy (non-hydrogen) atoms. The van der Waals surface area contributed by atoms with Gasteiger partial charge in [-0.1, -0.05) is 20.8 Å². The molecule has 0 unspecified atom stereocenters. The Labute approximate surface area is 99.9 Å². The van der Waals surface area contributed by atoms with Crippen molar-refractivity contribution in [2.45, 2.75) is 38.9 Å². The topological polar surface area (TPSA) is 73.6 Å². The summed E-state index contributed by atoms with van der Waals surface area (Å²) in [5.74, 6) is 0. The minimum atomic E-state index is -1.63. The van der Waals surface area contributed by atoms with Crippen molar-refractivity contribution in [1.82, 2.24) is 0 Å². The Morgan fingerprint density at radius 1 is 1.38 bits per heavy atom. The van der Waals surface area contributed by atoms with Crippen LogP contribution in [-0.2, 0) is 4.43 Å². The Morgan fingerprint density at radius 2 is 1.94 bits per heavy atom. The fourth-order valence-electron chi connectivity index (χ4n) is 0.783. The van der Waals surface area contributed by atoms with E-state index in [0.29, 0.717) is 18.8 Å². The molecule has 4 nitrogen and oxygen atoms in total. The summed E-state index contributed by atoms with van der Waals surface area (Å²) < 4.78 is 5.94. The van der Waals surface area contributed by atoms with Crippen molar-refractivity contribution in [2.24, 2.45) is 16.5 Å². The summed E-state index contributed by atoms with van der Waals surface area (Å²) in [5.41, 5.74) is 11.2. The van der Waals surface area contributed by atoms with E-state index in [1.165, 1.54) is 6.20 Å². The third-order valence-corrected chi connectivity index (χ3v) is 7.46. The first kappa shape index (κ1) is 15.2. The number of hydrogen-bond donors (Lipinski definition) is 2. The molecule has 0 bridgehead atoms. The van der Waals surface area contributed by atoms with Crippen LogP contribution in [0.2, 0.25) is 18.1 Å². The first-order chi connectivity index (χ1) is 7.20. The van der Waals surface area contributed by atoms with E-state index in [9.17, 15) is 0 Å². The Balaban J connectivity index is 3.96. The van der Waals surface area contributed by atoms with Crippen LogP contribution in [0.3, 0.4) is 0 Å². The summed E-state index contributed by atoms with van der Waals surface area (Å²) in [6.45, 7) is 12.4. The van der Waals surface area contributed by atoms with Crippen LogP contribution in [0.15, 0.2) is 16.9 Å². The zero-order valence-corrected chi connectivity index (χ0v) is 12.1. The molecule has 0 rings (SSSR count). The zero-order valence-electron chi connectivity index (χ0n) is 11.1. The predicted molar refractivity (Wildman–Crippen MR) is 73.0 cm³/mol. The van der Waals surface area contributed by atoms with Crippen LogP contribution in [0.1, 0.15) is 20.8 Å². The van der Waals surface area contributed by atoms with Gasteiger partial charge in [0.15, 0.2) is 8.32 Å². The van der Waals surface area contributed by atoms with Crippen molar-refractivity contribution in [3.63, 3.8) is 0 Å². The minimum Gasteiger partial charge on any atom is -0.415 e. The standard InChI is InChI=1S/C11H25N3OSi/c1-11(2,3)16(4,5)15-7-6-14-9-10(13)8-12/h8-9H,6-7,12-13H2,1-5H3. The highest BCUT2D eigenvalue weighted by Crippen LogP contribution is 2.36. The number of rotatable bonds is 5. The number of nitrogens with zero attached hydrogens (tertiary/aromatic N) is 1. The number of nitrogens with two attached hydrogens (primary N) is 2. The van der Waals surface area contributed by atoms with E-state index in [0.717, 1.165) is 0 Å². The molecule has 0 fully saturated rings. The van der Waals surface area contributed by atoms with Crippen LogP contribution in [0.4, 0.5) is 0 Å². The predicted octanol–water partition coefficient (Wildman–Crippen LogP) is 1.84. The second-order valence-electron chi connectivity index (χ2n) is 5.31. The van der Waals surface area contributed by atoms with Gasteiger partial charge in [-0.15, -0.1) is 0 Å².